The van der Waals surface area contributed by atoms with Crippen molar-refractivity contribution in [2.75, 3.05) is 25.0 Å². The van der Waals surface area contributed by atoms with Crippen LogP contribution < -0.4 is 5.32 Å². The van der Waals surface area contributed by atoms with Gasteiger partial charge in [-0.3, -0.25) is 4.99 Å². The first-order valence-electron chi connectivity index (χ1n) is 11.6. The summed E-state index contributed by atoms with van der Waals surface area (Å²) in [4.78, 5) is 25.1. The van der Waals surface area contributed by atoms with E-state index in [-0.39, 0.29) is 6.17 Å². The molecule has 3 saturated heterocycles. The first-order chi connectivity index (χ1) is 15.3. The normalized spacial score (nSPS) is 34.1. The predicted molar refractivity (Wildman–Crippen MR) is 126 cm³/mol. The summed E-state index contributed by atoms with van der Waals surface area (Å²) in [5.41, 5.74) is 1.04. The minimum atomic E-state index is -0.506. The summed E-state index contributed by atoms with van der Waals surface area (Å²) in [6.07, 6.45) is 5.91. The van der Waals surface area contributed by atoms with Gasteiger partial charge >= 0.3 is 0 Å². The molecule has 4 fully saturated rings. The summed E-state index contributed by atoms with van der Waals surface area (Å²) >= 11 is 0. The van der Waals surface area contributed by atoms with Gasteiger partial charge in [-0.2, -0.15) is 0 Å². The van der Waals surface area contributed by atoms with Crippen LogP contribution in [0.5, 0.6) is 0 Å². The topological polar surface area (TPSA) is 77.7 Å². The minimum absolute atomic E-state index is 0.118. The number of aliphatic imine (C=N–C) groups is 3. The summed E-state index contributed by atoms with van der Waals surface area (Å²) in [7, 11) is 0. The largest absolute Gasteiger partial charge is 0.366 e. The van der Waals surface area contributed by atoms with Crippen molar-refractivity contribution in [1.82, 2.24) is 14.8 Å². The molecule has 7 rings (SSSR count). The van der Waals surface area contributed by atoms with Gasteiger partial charge in [-0.15, -0.1) is 0 Å². The summed E-state index contributed by atoms with van der Waals surface area (Å²) in [5, 5.41) is 3.09. The van der Waals surface area contributed by atoms with Crippen molar-refractivity contribution in [3.63, 3.8) is 0 Å². The first-order valence-corrected chi connectivity index (χ1v) is 11.6. The molecule has 0 spiro atoms. The van der Waals surface area contributed by atoms with E-state index in [0.29, 0.717) is 12.6 Å². The molecule has 1 saturated carbocycles. The zero-order valence-corrected chi connectivity index (χ0v) is 19.3. The summed E-state index contributed by atoms with van der Waals surface area (Å²) < 4.78 is 6.08. The molecule has 2 unspecified atom stereocenters. The third-order valence-corrected chi connectivity index (χ3v) is 7.60. The van der Waals surface area contributed by atoms with Gasteiger partial charge in [0.1, 0.15) is 23.1 Å². The van der Waals surface area contributed by atoms with Crippen molar-refractivity contribution in [2.45, 2.75) is 63.9 Å². The number of amidine groups is 3. The van der Waals surface area contributed by atoms with E-state index in [2.05, 4.69) is 53.5 Å². The molecule has 1 N–H and O–H groups in total. The molecule has 6 aliphatic rings. The average molecular weight is 434 g/mol. The minimum Gasteiger partial charge on any atom is -0.366 e. The van der Waals surface area contributed by atoms with E-state index >= 15 is 0 Å². The number of ether oxygens (including phenoxy) is 1. The van der Waals surface area contributed by atoms with Crippen LogP contribution in [0.15, 0.2) is 40.0 Å². The summed E-state index contributed by atoms with van der Waals surface area (Å²) in [5.74, 6) is 4.38. The molecular formula is C24H31N7O. The number of rotatable bonds is 3. The van der Waals surface area contributed by atoms with Crippen molar-refractivity contribution in [2.24, 2.45) is 20.9 Å². The van der Waals surface area contributed by atoms with E-state index in [4.69, 9.17) is 19.7 Å². The number of fused-ring (bicyclic) bond motifs is 4. The van der Waals surface area contributed by atoms with Gasteiger partial charge in [-0.1, -0.05) is 6.58 Å². The van der Waals surface area contributed by atoms with Crippen molar-refractivity contribution < 1.29 is 4.74 Å². The Hall–Kier alpha value is -2.74. The SMILES string of the molecule is C=CNc1ncc(C2=NC3N4CCOC(C)(C)C4=NC3(C)C(N3CC4CC3C4)=N2)cc1C. The van der Waals surface area contributed by atoms with E-state index in [0.717, 1.165) is 53.5 Å². The molecule has 0 radical (unpaired) electrons. The van der Waals surface area contributed by atoms with Gasteiger partial charge in [0.25, 0.3) is 0 Å². The predicted octanol–water partition coefficient (Wildman–Crippen LogP) is 2.81. The fraction of sp³-hybridized carbons (Fsp3) is 0.583. The Kier molecular flexibility index (Phi) is 4.13. The van der Waals surface area contributed by atoms with Crippen molar-refractivity contribution >= 4 is 23.3 Å². The lowest BCUT2D eigenvalue weighted by Gasteiger charge is -2.43. The van der Waals surface area contributed by atoms with Gasteiger partial charge in [-0.05, 0) is 64.3 Å². The number of anilines is 1. The molecule has 1 aromatic heterocycles. The molecule has 2 bridgehead atoms. The fourth-order valence-electron chi connectivity index (χ4n) is 5.88. The highest BCUT2D eigenvalue weighted by Crippen LogP contribution is 2.46. The van der Waals surface area contributed by atoms with Crippen LogP contribution in [0.1, 0.15) is 44.7 Å². The van der Waals surface area contributed by atoms with Crippen LogP contribution in [0.3, 0.4) is 0 Å². The standard InChI is InChI=1S/C24H31N7O/c1-6-25-18-14(2)9-16(12-26-18)19-27-21-24(5,22(28-19)31-13-15-10-17(31)11-15)29-20-23(3,4)32-8-7-30(20)21/h6,9,12,15,17,21H,1,7-8,10-11,13H2,2-5H3,(H,25,26). The Morgan fingerprint density at radius 2 is 2.03 bits per heavy atom. The van der Waals surface area contributed by atoms with Gasteiger partial charge in [0.15, 0.2) is 17.5 Å². The highest BCUT2D eigenvalue weighted by Gasteiger charge is 2.59. The second-order valence-corrected chi connectivity index (χ2v) is 10.3. The van der Waals surface area contributed by atoms with Gasteiger partial charge in [-0.25, -0.2) is 15.0 Å². The van der Waals surface area contributed by atoms with Gasteiger partial charge < -0.3 is 19.9 Å². The van der Waals surface area contributed by atoms with Crippen molar-refractivity contribution in [3.8, 4) is 0 Å². The maximum Gasteiger partial charge on any atom is 0.160 e. The highest BCUT2D eigenvalue weighted by atomic mass is 16.5. The van der Waals surface area contributed by atoms with E-state index in [1.54, 1.807) is 6.20 Å². The molecule has 1 aliphatic carbocycles. The van der Waals surface area contributed by atoms with E-state index in [1.807, 2.05) is 13.1 Å². The van der Waals surface area contributed by atoms with Crippen LogP contribution in [-0.4, -0.2) is 75.3 Å². The Morgan fingerprint density at radius 3 is 2.72 bits per heavy atom. The number of nitrogens with one attached hydrogen (secondary N) is 1. The van der Waals surface area contributed by atoms with Crippen LogP contribution in [-0.2, 0) is 4.74 Å². The van der Waals surface area contributed by atoms with E-state index < -0.39 is 11.1 Å². The lowest BCUT2D eigenvalue weighted by Crippen LogP contribution is -2.60. The molecule has 6 heterocycles. The molecule has 1 aromatic rings. The van der Waals surface area contributed by atoms with Crippen molar-refractivity contribution in [1.29, 1.82) is 0 Å². The van der Waals surface area contributed by atoms with E-state index in [9.17, 15) is 0 Å². The monoisotopic (exact) mass is 433 g/mol. The van der Waals surface area contributed by atoms with Crippen LogP contribution >= 0.6 is 0 Å². The molecule has 5 aliphatic heterocycles. The zero-order valence-electron chi connectivity index (χ0n) is 19.3. The van der Waals surface area contributed by atoms with Gasteiger partial charge in [0.05, 0.1) is 6.61 Å². The number of morpholine rings is 1. The zero-order chi connectivity index (χ0) is 22.3. The number of pyridine rings is 1. The number of hydrogen-bond donors (Lipinski definition) is 1. The molecule has 8 heteroatoms. The Labute approximate surface area is 189 Å². The third kappa shape index (κ3) is 2.71. The molecule has 8 nitrogen and oxygen atoms in total. The maximum atomic E-state index is 6.08. The summed E-state index contributed by atoms with van der Waals surface area (Å²) in [6.45, 7) is 14.7. The Bertz CT molecular complexity index is 1080. The second-order valence-electron chi connectivity index (χ2n) is 10.3. The lowest BCUT2D eigenvalue weighted by atomic mass is 9.86. The summed E-state index contributed by atoms with van der Waals surface area (Å²) in [6, 6.07) is 2.68. The fourth-order valence-corrected chi connectivity index (χ4v) is 5.88. The Morgan fingerprint density at radius 1 is 1.22 bits per heavy atom. The molecule has 0 aromatic carbocycles. The van der Waals surface area contributed by atoms with Gasteiger partial charge in [0, 0.05) is 30.9 Å². The first kappa shape index (κ1) is 19.9. The molecule has 32 heavy (non-hydrogen) atoms. The lowest BCUT2D eigenvalue weighted by molar-refractivity contribution is -0.00944. The van der Waals surface area contributed by atoms with Crippen molar-refractivity contribution in [3.05, 3.63) is 36.2 Å². The van der Waals surface area contributed by atoms with Crippen LogP contribution in [0.25, 0.3) is 0 Å². The quantitative estimate of drug-likeness (QED) is 0.793. The number of hydrogen-bond acceptors (Lipinski definition) is 8. The van der Waals surface area contributed by atoms with Crippen LogP contribution in [0.2, 0.25) is 0 Å². The molecule has 0 amide bonds. The molecule has 2 atom stereocenters. The van der Waals surface area contributed by atoms with Gasteiger partial charge in [0.2, 0.25) is 0 Å². The average Bonchev–Trinajstić information content (AvgIpc) is 3.40. The van der Waals surface area contributed by atoms with Crippen LogP contribution in [0.4, 0.5) is 5.82 Å². The smallest absolute Gasteiger partial charge is 0.160 e. The van der Waals surface area contributed by atoms with Crippen LogP contribution in [0, 0.1) is 12.8 Å². The number of aryl methyl sites for hydroxylation is 1. The number of nitrogens with zero attached hydrogens (tertiary/aromatic N) is 6. The Balaban J connectivity index is 1.46. The maximum absolute atomic E-state index is 6.08. The van der Waals surface area contributed by atoms with E-state index in [1.165, 1.54) is 12.8 Å². The second kappa shape index (κ2) is 6.63. The number of aromatic nitrogens is 1. The highest BCUT2D eigenvalue weighted by molar-refractivity contribution is 6.13. The molecular weight excluding hydrogens is 402 g/mol. The molecule has 168 valence electrons. The third-order valence-electron chi connectivity index (χ3n) is 7.60.